The van der Waals surface area contributed by atoms with Gasteiger partial charge in [0.1, 0.15) is 0 Å². The van der Waals surface area contributed by atoms with Gasteiger partial charge in [-0.15, -0.1) is 0 Å². The maximum absolute atomic E-state index is 12.1. The highest BCUT2D eigenvalue weighted by atomic mass is 32.2. The lowest BCUT2D eigenvalue weighted by atomic mass is 9.86. The minimum absolute atomic E-state index is 0.125. The fourth-order valence-corrected chi connectivity index (χ4v) is 3.38. The minimum atomic E-state index is -3.34. The van der Waals surface area contributed by atoms with E-state index in [1.54, 1.807) is 6.07 Å². The summed E-state index contributed by atoms with van der Waals surface area (Å²) in [6.07, 6.45) is 1.43. The number of ether oxygens (including phenoxy) is 1. The maximum Gasteiger partial charge on any atom is 0.235 e. The van der Waals surface area contributed by atoms with Crippen molar-refractivity contribution in [1.29, 1.82) is 0 Å². The van der Waals surface area contributed by atoms with Gasteiger partial charge in [-0.1, -0.05) is 20.8 Å². The first-order valence-electron chi connectivity index (χ1n) is 6.65. The van der Waals surface area contributed by atoms with E-state index in [4.69, 9.17) is 10.5 Å². The second-order valence-corrected chi connectivity index (χ2v) is 8.20. The van der Waals surface area contributed by atoms with Gasteiger partial charge >= 0.3 is 0 Å². The molecule has 0 amide bonds. The van der Waals surface area contributed by atoms with E-state index in [1.165, 1.54) is 7.11 Å². The smallest absolute Gasteiger partial charge is 0.235 e. The molecule has 20 heavy (non-hydrogen) atoms. The molecule has 1 aliphatic carbocycles. The van der Waals surface area contributed by atoms with Crippen molar-refractivity contribution in [3.05, 3.63) is 17.7 Å². The fraction of sp³-hybridized carbons (Fsp3) is 0.571. The van der Waals surface area contributed by atoms with Crippen LogP contribution >= 0.6 is 0 Å². The highest BCUT2D eigenvalue weighted by Crippen LogP contribution is 2.39. The number of sulfonamides is 1. The van der Waals surface area contributed by atoms with Crippen LogP contribution in [0, 0.1) is 0 Å². The zero-order valence-corrected chi connectivity index (χ0v) is 13.2. The number of hydrogen-bond donors (Lipinski definition) is 2. The van der Waals surface area contributed by atoms with Gasteiger partial charge in [-0.3, -0.25) is 4.72 Å². The maximum atomic E-state index is 12.1. The molecule has 0 bridgehead atoms. The minimum Gasteiger partial charge on any atom is -0.492 e. The van der Waals surface area contributed by atoms with Crippen LogP contribution in [-0.4, -0.2) is 20.8 Å². The molecule has 3 N–H and O–H groups in total. The number of nitrogens with two attached hydrogens (primary N) is 1. The molecule has 1 saturated carbocycles. The van der Waals surface area contributed by atoms with Gasteiger partial charge in [0.25, 0.3) is 0 Å². The molecule has 0 radical (unpaired) electrons. The number of nitrogen functional groups attached to an aromatic ring is 1. The summed E-state index contributed by atoms with van der Waals surface area (Å²) in [5, 5.41) is -0.285. The molecule has 0 atom stereocenters. The molecule has 0 unspecified atom stereocenters. The van der Waals surface area contributed by atoms with Crippen molar-refractivity contribution < 1.29 is 13.2 Å². The van der Waals surface area contributed by atoms with Crippen LogP contribution in [0.25, 0.3) is 0 Å². The highest BCUT2D eigenvalue weighted by molar-refractivity contribution is 7.93. The van der Waals surface area contributed by atoms with Crippen molar-refractivity contribution in [2.24, 2.45) is 0 Å². The summed E-state index contributed by atoms with van der Waals surface area (Å²) in [5.74, 6) is 0.377. The van der Waals surface area contributed by atoms with Crippen molar-refractivity contribution in [3.63, 3.8) is 0 Å². The van der Waals surface area contributed by atoms with Crippen LogP contribution in [0.4, 0.5) is 11.4 Å². The topological polar surface area (TPSA) is 81.4 Å². The monoisotopic (exact) mass is 298 g/mol. The Hall–Kier alpha value is -1.43. The van der Waals surface area contributed by atoms with E-state index in [0.717, 1.165) is 5.56 Å². The van der Waals surface area contributed by atoms with E-state index in [-0.39, 0.29) is 10.7 Å². The van der Waals surface area contributed by atoms with E-state index in [9.17, 15) is 8.42 Å². The summed E-state index contributed by atoms with van der Waals surface area (Å²) in [7, 11) is -1.85. The molecular weight excluding hydrogens is 276 g/mol. The lowest BCUT2D eigenvalue weighted by molar-refractivity contribution is 0.418. The first-order chi connectivity index (χ1) is 9.15. The van der Waals surface area contributed by atoms with E-state index < -0.39 is 10.0 Å². The normalized spacial score (nSPS) is 16.0. The average Bonchev–Trinajstić information content (AvgIpc) is 3.10. The summed E-state index contributed by atoms with van der Waals surface area (Å²) >= 11 is 0. The van der Waals surface area contributed by atoms with Gasteiger partial charge in [0.2, 0.25) is 10.0 Å². The Morgan fingerprint density at radius 3 is 2.35 bits per heavy atom. The molecule has 112 valence electrons. The number of nitrogens with one attached hydrogen (secondary N) is 1. The molecule has 0 aromatic heterocycles. The fourth-order valence-electron chi connectivity index (χ4n) is 2.00. The van der Waals surface area contributed by atoms with E-state index in [1.807, 2.05) is 26.8 Å². The first kappa shape index (κ1) is 15.0. The molecule has 2 rings (SSSR count). The average molecular weight is 298 g/mol. The summed E-state index contributed by atoms with van der Waals surface area (Å²) in [6.45, 7) is 6.15. The van der Waals surface area contributed by atoms with Crippen LogP contribution in [0.2, 0.25) is 0 Å². The number of hydrogen-bond acceptors (Lipinski definition) is 4. The third kappa shape index (κ3) is 3.00. The van der Waals surface area contributed by atoms with Crippen LogP contribution in [0.15, 0.2) is 12.1 Å². The molecule has 1 fully saturated rings. The zero-order valence-electron chi connectivity index (χ0n) is 12.4. The van der Waals surface area contributed by atoms with Crippen LogP contribution in [-0.2, 0) is 15.4 Å². The Kier molecular flexibility index (Phi) is 3.62. The second kappa shape index (κ2) is 4.84. The van der Waals surface area contributed by atoms with Crippen molar-refractivity contribution in [2.75, 3.05) is 17.6 Å². The van der Waals surface area contributed by atoms with Gasteiger partial charge in [0.05, 0.1) is 23.7 Å². The molecule has 0 saturated heterocycles. The SMILES string of the molecule is COc1c(N)cc(C(C)(C)C)cc1NS(=O)(=O)C1CC1. The van der Waals surface area contributed by atoms with Crippen LogP contribution in [0.3, 0.4) is 0 Å². The molecule has 5 nitrogen and oxygen atoms in total. The molecule has 0 spiro atoms. The quantitative estimate of drug-likeness (QED) is 0.837. The lowest BCUT2D eigenvalue weighted by Gasteiger charge is -2.22. The zero-order chi connectivity index (χ0) is 15.1. The summed E-state index contributed by atoms with van der Waals surface area (Å²) in [5.41, 5.74) is 7.68. The summed E-state index contributed by atoms with van der Waals surface area (Å²) in [4.78, 5) is 0. The van der Waals surface area contributed by atoms with Gasteiger partial charge in [-0.25, -0.2) is 8.42 Å². The van der Waals surface area contributed by atoms with Gasteiger partial charge in [-0.05, 0) is 36.0 Å². The Morgan fingerprint density at radius 2 is 1.90 bits per heavy atom. The lowest BCUT2D eigenvalue weighted by Crippen LogP contribution is -2.19. The standard InChI is InChI=1S/C14H22N2O3S/c1-14(2,3)9-7-11(15)13(19-4)12(8-9)16-20(17,18)10-5-6-10/h7-8,10,16H,5-6,15H2,1-4H3. The van der Waals surface area contributed by atoms with Gasteiger partial charge < -0.3 is 10.5 Å². The first-order valence-corrected chi connectivity index (χ1v) is 8.19. The number of benzene rings is 1. The van der Waals surface area contributed by atoms with Crippen molar-refractivity contribution in [3.8, 4) is 5.75 Å². The van der Waals surface area contributed by atoms with Crippen molar-refractivity contribution >= 4 is 21.4 Å². The molecule has 0 aliphatic heterocycles. The van der Waals surface area contributed by atoms with E-state index in [0.29, 0.717) is 30.0 Å². The molecule has 1 aliphatic rings. The van der Waals surface area contributed by atoms with Gasteiger partial charge in [0, 0.05) is 0 Å². The largest absolute Gasteiger partial charge is 0.492 e. The van der Waals surface area contributed by atoms with E-state index >= 15 is 0 Å². The van der Waals surface area contributed by atoms with Gasteiger partial charge in [-0.2, -0.15) is 0 Å². The molecule has 6 heteroatoms. The summed E-state index contributed by atoms with van der Waals surface area (Å²) < 4.78 is 32.0. The predicted molar refractivity (Wildman–Crippen MR) is 81.7 cm³/mol. The third-order valence-corrected chi connectivity index (χ3v) is 5.26. The van der Waals surface area contributed by atoms with E-state index in [2.05, 4.69) is 4.72 Å². The number of anilines is 2. The van der Waals surface area contributed by atoms with Gasteiger partial charge in [0.15, 0.2) is 5.75 Å². The predicted octanol–water partition coefficient (Wildman–Crippen LogP) is 2.48. The highest BCUT2D eigenvalue weighted by Gasteiger charge is 2.36. The number of rotatable bonds is 4. The Labute approximate surface area is 120 Å². The molecule has 0 heterocycles. The molecular formula is C14H22N2O3S. The van der Waals surface area contributed by atoms with Crippen molar-refractivity contribution in [2.45, 2.75) is 44.3 Å². The van der Waals surface area contributed by atoms with Crippen LogP contribution in [0.5, 0.6) is 5.75 Å². The summed E-state index contributed by atoms with van der Waals surface area (Å²) in [6, 6.07) is 3.63. The van der Waals surface area contributed by atoms with Crippen LogP contribution < -0.4 is 15.2 Å². The molecule has 1 aromatic rings. The van der Waals surface area contributed by atoms with Crippen molar-refractivity contribution in [1.82, 2.24) is 0 Å². The Bertz CT molecular complexity index is 614. The Balaban J connectivity index is 2.46. The van der Waals surface area contributed by atoms with Crippen LogP contribution in [0.1, 0.15) is 39.2 Å². The third-order valence-electron chi connectivity index (χ3n) is 3.40. The molecule has 1 aromatic carbocycles. The number of methoxy groups -OCH3 is 1. The Morgan fingerprint density at radius 1 is 1.30 bits per heavy atom. The second-order valence-electron chi connectivity index (χ2n) is 6.24.